The molecule has 176 valence electrons. The number of aromatic nitrogens is 4. The van der Waals surface area contributed by atoms with E-state index >= 15 is 0 Å². The molecular formula is C26H22BrFN6O. The van der Waals surface area contributed by atoms with E-state index in [2.05, 4.69) is 36.3 Å². The minimum atomic E-state index is -0.381. The highest BCUT2D eigenvalue weighted by molar-refractivity contribution is 9.10. The number of tetrazole rings is 1. The zero-order valence-electron chi connectivity index (χ0n) is 19.0. The molecular weight excluding hydrogens is 511 g/mol. The number of aryl methyl sites for hydroxylation is 2. The maximum absolute atomic E-state index is 14.3. The van der Waals surface area contributed by atoms with Gasteiger partial charge in [0.25, 0.3) is 0 Å². The zero-order chi connectivity index (χ0) is 24.4. The van der Waals surface area contributed by atoms with Crippen LogP contribution in [0.1, 0.15) is 23.1 Å². The number of aliphatic imine (C=N–C) groups is 1. The molecule has 1 amide bonds. The Hall–Kier alpha value is -3.72. The van der Waals surface area contributed by atoms with Crippen LogP contribution in [0.4, 0.5) is 10.1 Å². The Labute approximate surface area is 210 Å². The minimum absolute atomic E-state index is 0.0217. The third-order valence-corrected chi connectivity index (χ3v) is 6.50. The average Bonchev–Trinajstić information content (AvgIpc) is 3.28. The highest BCUT2D eigenvalue weighted by Gasteiger charge is 2.26. The SMILES string of the molecule is Cc1ccc(-c2nnn(CCCN3C(=O)CN=C(c4ccccc4Br)c4cc(F)ccc43)n2)cc1. The number of hydrogen-bond acceptors (Lipinski definition) is 5. The van der Waals surface area contributed by atoms with Crippen molar-refractivity contribution in [3.8, 4) is 11.4 Å². The second kappa shape index (κ2) is 9.87. The third-order valence-electron chi connectivity index (χ3n) is 5.81. The Balaban J connectivity index is 1.36. The lowest BCUT2D eigenvalue weighted by atomic mass is 10.00. The van der Waals surface area contributed by atoms with Crippen molar-refractivity contribution in [2.75, 3.05) is 18.0 Å². The fourth-order valence-corrected chi connectivity index (χ4v) is 4.51. The van der Waals surface area contributed by atoms with Crippen molar-refractivity contribution in [2.45, 2.75) is 19.9 Å². The largest absolute Gasteiger partial charge is 0.310 e. The molecule has 0 radical (unpaired) electrons. The summed E-state index contributed by atoms with van der Waals surface area (Å²) in [6.45, 7) is 2.90. The molecule has 7 nitrogen and oxygen atoms in total. The van der Waals surface area contributed by atoms with Gasteiger partial charge in [-0.1, -0.05) is 64.0 Å². The van der Waals surface area contributed by atoms with Gasteiger partial charge in [0.05, 0.1) is 17.9 Å². The van der Waals surface area contributed by atoms with Gasteiger partial charge >= 0.3 is 0 Å². The highest BCUT2D eigenvalue weighted by Crippen LogP contribution is 2.30. The highest BCUT2D eigenvalue weighted by atomic mass is 79.9. The molecule has 0 unspecified atom stereocenters. The molecule has 0 aliphatic carbocycles. The monoisotopic (exact) mass is 532 g/mol. The number of hydrogen-bond donors (Lipinski definition) is 0. The van der Waals surface area contributed by atoms with Crippen molar-refractivity contribution < 1.29 is 9.18 Å². The summed E-state index contributed by atoms with van der Waals surface area (Å²) in [6, 6.07) is 20.0. The average molecular weight is 533 g/mol. The molecule has 0 spiro atoms. The van der Waals surface area contributed by atoms with Crippen molar-refractivity contribution >= 4 is 33.2 Å². The van der Waals surface area contributed by atoms with Crippen molar-refractivity contribution in [1.82, 2.24) is 20.2 Å². The summed E-state index contributed by atoms with van der Waals surface area (Å²) >= 11 is 3.55. The summed E-state index contributed by atoms with van der Waals surface area (Å²) < 4.78 is 15.1. The summed E-state index contributed by atoms with van der Waals surface area (Å²) in [5, 5.41) is 12.8. The molecule has 0 saturated carbocycles. The molecule has 0 saturated heterocycles. The Kier molecular flexibility index (Phi) is 6.50. The maximum Gasteiger partial charge on any atom is 0.248 e. The van der Waals surface area contributed by atoms with Gasteiger partial charge in [-0.3, -0.25) is 9.79 Å². The van der Waals surface area contributed by atoms with Crippen LogP contribution in [0.2, 0.25) is 0 Å². The first-order valence-electron chi connectivity index (χ1n) is 11.2. The van der Waals surface area contributed by atoms with E-state index in [4.69, 9.17) is 0 Å². The van der Waals surface area contributed by atoms with E-state index in [1.807, 2.05) is 55.5 Å². The van der Waals surface area contributed by atoms with Crippen LogP contribution in [0, 0.1) is 12.7 Å². The minimum Gasteiger partial charge on any atom is -0.310 e. The van der Waals surface area contributed by atoms with Gasteiger partial charge in [0, 0.05) is 27.7 Å². The van der Waals surface area contributed by atoms with Crippen molar-refractivity contribution in [3.05, 3.63) is 93.7 Å². The van der Waals surface area contributed by atoms with Gasteiger partial charge in [-0.05, 0) is 42.8 Å². The predicted octanol–water partition coefficient (Wildman–Crippen LogP) is 4.82. The van der Waals surface area contributed by atoms with Gasteiger partial charge in [0.2, 0.25) is 11.7 Å². The van der Waals surface area contributed by atoms with Crippen LogP contribution in [0.5, 0.6) is 0 Å². The number of halogens is 2. The summed E-state index contributed by atoms with van der Waals surface area (Å²) in [4.78, 5) is 20.8. The first-order valence-corrected chi connectivity index (χ1v) is 12.0. The van der Waals surface area contributed by atoms with Crippen LogP contribution in [-0.2, 0) is 11.3 Å². The molecule has 9 heteroatoms. The third kappa shape index (κ3) is 4.90. The van der Waals surface area contributed by atoms with Crippen LogP contribution in [0.25, 0.3) is 11.4 Å². The van der Waals surface area contributed by atoms with Crippen molar-refractivity contribution in [1.29, 1.82) is 0 Å². The molecule has 1 aromatic heterocycles. The normalized spacial score (nSPS) is 13.4. The number of carbonyl (C=O) groups excluding carboxylic acids is 1. The lowest BCUT2D eigenvalue weighted by Crippen LogP contribution is -2.34. The quantitative estimate of drug-likeness (QED) is 0.356. The number of carbonyl (C=O) groups is 1. The van der Waals surface area contributed by atoms with Gasteiger partial charge in [0.1, 0.15) is 12.4 Å². The Bertz CT molecular complexity index is 1420. The first-order chi connectivity index (χ1) is 17.0. The molecule has 4 aromatic rings. The number of rotatable bonds is 6. The number of nitrogens with zero attached hydrogens (tertiary/aromatic N) is 6. The smallest absolute Gasteiger partial charge is 0.248 e. The number of fused-ring (bicyclic) bond motifs is 1. The van der Waals surface area contributed by atoms with Crippen LogP contribution >= 0.6 is 15.9 Å². The second-order valence-electron chi connectivity index (χ2n) is 8.28. The fraction of sp³-hybridized carbons (Fsp3) is 0.192. The van der Waals surface area contributed by atoms with Gasteiger partial charge in [0.15, 0.2) is 0 Å². The zero-order valence-corrected chi connectivity index (χ0v) is 20.6. The molecule has 0 fully saturated rings. The van der Waals surface area contributed by atoms with Crippen molar-refractivity contribution in [3.63, 3.8) is 0 Å². The second-order valence-corrected chi connectivity index (χ2v) is 9.13. The van der Waals surface area contributed by atoms with Gasteiger partial charge in [-0.2, -0.15) is 4.80 Å². The van der Waals surface area contributed by atoms with E-state index in [0.717, 1.165) is 21.2 Å². The van der Waals surface area contributed by atoms with Gasteiger partial charge < -0.3 is 4.90 Å². The number of benzene rings is 3. The topological polar surface area (TPSA) is 76.3 Å². The van der Waals surface area contributed by atoms with E-state index in [1.165, 1.54) is 16.9 Å². The van der Waals surface area contributed by atoms with Crippen LogP contribution < -0.4 is 4.90 Å². The Morgan fingerprint density at radius 2 is 1.80 bits per heavy atom. The summed E-state index contributed by atoms with van der Waals surface area (Å²) in [5.41, 5.74) is 4.68. The number of amides is 1. The van der Waals surface area contributed by atoms with Gasteiger partial charge in [-0.25, -0.2) is 4.39 Å². The predicted molar refractivity (Wildman–Crippen MR) is 136 cm³/mol. The van der Waals surface area contributed by atoms with E-state index < -0.39 is 0 Å². The fourth-order valence-electron chi connectivity index (χ4n) is 4.04. The molecule has 0 atom stereocenters. The van der Waals surface area contributed by atoms with E-state index in [1.54, 1.807) is 11.0 Å². The Morgan fingerprint density at radius 1 is 1.00 bits per heavy atom. The molecule has 5 rings (SSSR count). The summed E-state index contributed by atoms with van der Waals surface area (Å²) in [7, 11) is 0. The number of anilines is 1. The van der Waals surface area contributed by atoms with Crippen LogP contribution in [-0.4, -0.2) is 44.9 Å². The molecule has 0 N–H and O–H groups in total. The molecule has 35 heavy (non-hydrogen) atoms. The molecule has 3 aromatic carbocycles. The Morgan fingerprint density at radius 3 is 2.60 bits per heavy atom. The lowest BCUT2D eigenvalue weighted by Gasteiger charge is -2.23. The number of benzodiazepines with no additional fused rings is 1. The maximum atomic E-state index is 14.3. The molecule has 1 aliphatic heterocycles. The summed E-state index contributed by atoms with van der Waals surface area (Å²) in [6.07, 6.45) is 0.594. The van der Waals surface area contributed by atoms with Gasteiger partial charge in [-0.15, -0.1) is 10.2 Å². The van der Waals surface area contributed by atoms with E-state index in [-0.39, 0.29) is 18.3 Å². The molecule has 0 bridgehead atoms. The molecule has 2 heterocycles. The molecule has 1 aliphatic rings. The standard InChI is InChI=1S/C26H22BrFN6O/c1-17-7-9-18(10-8-17)26-30-32-34(31-26)14-4-13-33-23-12-11-19(28)15-21(23)25(29-16-24(33)35)20-5-2-3-6-22(20)27/h2-3,5-12,15H,4,13-14,16H2,1H3. The van der Waals surface area contributed by atoms with Crippen molar-refractivity contribution in [2.24, 2.45) is 4.99 Å². The lowest BCUT2D eigenvalue weighted by molar-refractivity contribution is -0.117. The first kappa shape index (κ1) is 23.0. The van der Waals surface area contributed by atoms with Crippen LogP contribution in [0.3, 0.4) is 0 Å². The van der Waals surface area contributed by atoms with E-state index in [9.17, 15) is 9.18 Å². The summed E-state index contributed by atoms with van der Waals surface area (Å²) in [5.74, 6) is 0.0307. The van der Waals surface area contributed by atoms with Crippen LogP contribution in [0.15, 0.2) is 76.2 Å². The van der Waals surface area contributed by atoms with E-state index in [0.29, 0.717) is 42.3 Å².